The van der Waals surface area contributed by atoms with Gasteiger partial charge < -0.3 is 0 Å². The molecule has 2 heteroatoms. The molecular formula is C14H24N2. The summed E-state index contributed by atoms with van der Waals surface area (Å²) in [7, 11) is 0. The van der Waals surface area contributed by atoms with Gasteiger partial charge in [0.15, 0.2) is 0 Å². The minimum Gasteiger partial charge on any atom is -0.299 e. The summed E-state index contributed by atoms with van der Waals surface area (Å²) < 4.78 is 0. The van der Waals surface area contributed by atoms with E-state index in [-0.39, 0.29) is 0 Å². The largest absolute Gasteiger partial charge is 0.299 e. The maximum absolute atomic E-state index is 4.44. The van der Waals surface area contributed by atoms with Crippen LogP contribution in [0.4, 0.5) is 0 Å². The first-order valence-electron chi connectivity index (χ1n) is 6.52. The molecule has 2 rings (SSSR count). The van der Waals surface area contributed by atoms with Crippen LogP contribution >= 0.6 is 0 Å². The van der Waals surface area contributed by atoms with Gasteiger partial charge >= 0.3 is 0 Å². The van der Waals surface area contributed by atoms with E-state index in [1.807, 2.05) is 13.8 Å². The molecule has 0 fully saturated rings. The predicted octanol–water partition coefficient (Wildman–Crippen LogP) is 3.05. The normalized spacial score (nSPS) is 15.0. The van der Waals surface area contributed by atoms with Gasteiger partial charge in [0.2, 0.25) is 0 Å². The van der Waals surface area contributed by atoms with Crippen molar-refractivity contribution in [1.82, 2.24) is 9.88 Å². The molecule has 0 saturated heterocycles. The molecule has 90 valence electrons. The fourth-order valence-electron chi connectivity index (χ4n) is 2.01. The minimum absolute atomic E-state index is 1.04. The molecular weight excluding hydrogens is 196 g/mol. The van der Waals surface area contributed by atoms with Crippen LogP contribution in [0.1, 0.15) is 44.5 Å². The SMILES string of the molecule is CC.CCc1cc2c(cn1)CCN(CC)C2. The summed E-state index contributed by atoms with van der Waals surface area (Å²) in [5, 5.41) is 0. The Hall–Kier alpha value is -0.890. The Kier molecular flexibility index (Phi) is 5.47. The lowest BCUT2D eigenvalue weighted by Crippen LogP contribution is -2.30. The molecule has 0 saturated carbocycles. The first kappa shape index (κ1) is 13.2. The van der Waals surface area contributed by atoms with E-state index in [1.54, 1.807) is 0 Å². The van der Waals surface area contributed by atoms with Gasteiger partial charge in [0.25, 0.3) is 0 Å². The molecule has 1 aliphatic heterocycles. The maximum Gasteiger partial charge on any atom is 0.0404 e. The van der Waals surface area contributed by atoms with Gasteiger partial charge in [0.1, 0.15) is 0 Å². The van der Waals surface area contributed by atoms with Crippen LogP contribution in [0.5, 0.6) is 0 Å². The third kappa shape index (κ3) is 3.05. The lowest BCUT2D eigenvalue weighted by atomic mass is 10.0. The van der Waals surface area contributed by atoms with Crippen LogP contribution in [0, 0.1) is 0 Å². The van der Waals surface area contributed by atoms with Gasteiger partial charge in [0.05, 0.1) is 0 Å². The van der Waals surface area contributed by atoms with Gasteiger partial charge in [-0.15, -0.1) is 0 Å². The Morgan fingerprint density at radius 3 is 2.62 bits per heavy atom. The average Bonchev–Trinajstić information content (AvgIpc) is 2.39. The van der Waals surface area contributed by atoms with Crippen LogP contribution in [-0.2, 0) is 19.4 Å². The summed E-state index contributed by atoms with van der Waals surface area (Å²) in [6, 6.07) is 2.27. The summed E-state index contributed by atoms with van der Waals surface area (Å²) in [6.07, 6.45) is 4.28. The average molecular weight is 220 g/mol. The van der Waals surface area contributed by atoms with Crippen LogP contribution in [-0.4, -0.2) is 23.0 Å². The van der Waals surface area contributed by atoms with Crippen LogP contribution in [0.2, 0.25) is 0 Å². The number of pyridine rings is 1. The first-order valence-corrected chi connectivity index (χ1v) is 6.52. The molecule has 16 heavy (non-hydrogen) atoms. The lowest BCUT2D eigenvalue weighted by molar-refractivity contribution is 0.267. The summed E-state index contributed by atoms with van der Waals surface area (Å²) in [6.45, 7) is 11.9. The standard InChI is InChI=1S/C12H18N2.C2H6/c1-3-12-7-11-9-14(4-2)6-5-10(11)8-13-12;1-2/h7-8H,3-6,9H2,1-2H3;1-2H3. The number of rotatable bonds is 2. The fourth-order valence-corrected chi connectivity index (χ4v) is 2.01. The van der Waals surface area contributed by atoms with Crippen molar-refractivity contribution in [2.24, 2.45) is 0 Å². The Morgan fingerprint density at radius 1 is 1.25 bits per heavy atom. The van der Waals surface area contributed by atoms with Crippen LogP contribution in [0.15, 0.2) is 12.3 Å². The van der Waals surface area contributed by atoms with Gasteiger partial charge in [-0.05, 0) is 36.6 Å². The van der Waals surface area contributed by atoms with Crippen molar-refractivity contribution in [2.45, 2.75) is 47.1 Å². The predicted molar refractivity (Wildman–Crippen MR) is 69.6 cm³/mol. The monoisotopic (exact) mass is 220 g/mol. The van der Waals surface area contributed by atoms with E-state index in [0.29, 0.717) is 0 Å². The van der Waals surface area contributed by atoms with E-state index in [2.05, 4.69) is 36.0 Å². The van der Waals surface area contributed by atoms with E-state index in [1.165, 1.54) is 29.8 Å². The summed E-state index contributed by atoms with van der Waals surface area (Å²) in [4.78, 5) is 6.93. The molecule has 1 aromatic heterocycles. The molecule has 0 atom stereocenters. The van der Waals surface area contributed by atoms with Gasteiger partial charge in [0, 0.05) is 25.0 Å². The highest BCUT2D eigenvalue weighted by atomic mass is 15.1. The number of hydrogen-bond donors (Lipinski definition) is 0. The second kappa shape index (κ2) is 6.64. The van der Waals surface area contributed by atoms with Crippen LogP contribution in [0.3, 0.4) is 0 Å². The highest BCUT2D eigenvalue weighted by Crippen LogP contribution is 2.18. The maximum atomic E-state index is 4.44. The molecule has 0 spiro atoms. The lowest BCUT2D eigenvalue weighted by Gasteiger charge is -2.27. The third-order valence-corrected chi connectivity index (χ3v) is 3.04. The van der Waals surface area contributed by atoms with E-state index in [0.717, 1.165) is 19.5 Å². The summed E-state index contributed by atoms with van der Waals surface area (Å²) in [5.41, 5.74) is 4.17. The number of fused-ring (bicyclic) bond motifs is 1. The highest BCUT2D eigenvalue weighted by molar-refractivity contribution is 5.28. The van der Waals surface area contributed by atoms with Gasteiger partial charge in [-0.1, -0.05) is 27.7 Å². The van der Waals surface area contributed by atoms with E-state index in [4.69, 9.17) is 0 Å². The smallest absolute Gasteiger partial charge is 0.0404 e. The van der Waals surface area contributed by atoms with Crippen molar-refractivity contribution in [2.75, 3.05) is 13.1 Å². The van der Waals surface area contributed by atoms with Crippen LogP contribution < -0.4 is 0 Å². The zero-order valence-corrected chi connectivity index (χ0v) is 11.1. The molecule has 1 aromatic rings. The Balaban J connectivity index is 0.000000606. The van der Waals surface area contributed by atoms with Crippen LogP contribution in [0.25, 0.3) is 0 Å². The summed E-state index contributed by atoms with van der Waals surface area (Å²) in [5.74, 6) is 0. The van der Waals surface area contributed by atoms with Crippen molar-refractivity contribution < 1.29 is 0 Å². The van der Waals surface area contributed by atoms with Crippen molar-refractivity contribution in [3.05, 3.63) is 29.1 Å². The minimum atomic E-state index is 1.04. The molecule has 2 nitrogen and oxygen atoms in total. The van der Waals surface area contributed by atoms with Crippen molar-refractivity contribution in [1.29, 1.82) is 0 Å². The molecule has 0 unspecified atom stereocenters. The molecule has 1 aliphatic rings. The van der Waals surface area contributed by atoms with E-state index in [9.17, 15) is 0 Å². The molecule has 0 radical (unpaired) electrons. The third-order valence-electron chi connectivity index (χ3n) is 3.04. The molecule has 2 heterocycles. The Morgan fingerprint density at radius 2 is 2.00 bits per heavy atom. The number of aromatic nitrogens is 1. The van der Waals surface area contributed by atoms with E-state index < -0.39 is 0 Å². The number of likely N-dealkylation sites (N-methyl/N-ethyl adjacent to an activating group) is 1. The quantitative estimate of drug-likeness (QED) is 0.761. The second-order valence-corrected chi connectivity index (χ2v) is 3.92. The Labute approximate surface area is 99.7 Å². The van der Waals surface area contributed by atoms with Gasteiger partial charge in [-0.2, -0.15) is 0 Å². The fraction of sp³-hybridized carbons (Fsp3) is 0.643. The second-order valence-electron chi connectivity index (χ2n) is 3.92. The Bertz CT molecular complexity index is 321. The summed E-state index contributed by atoms with van der Waals surface area (Å²) >= 11 is 0. The topological polar surface area (TPSA) is 16.1 Å². The number of hydrogen-bond acceptors (Lipinski definition) is 2. The first-order chi connectivity index (χ1) is 7.83. The van der Waals surface area contributed by atoms with E-state index >= 15 is 0 Å². The zero-order valence-electron chi connectivity index (χ0n) is 11.1. The number of aryl methyl sites for hydroxylation is 1. The molecule has 0 bridgehead atoms. The molecule has 0 N–H and O–H groups in total. The van der Waals surface area contributed by atoms with Crippen molar-refractivity contribution >= 4 is 0 Å². The molecule has 0 aliphatic carbocycles. The van der Waals surface area contributed by atoms with Gasteiger partial charge in [-0.25, -0.2) is 0 Å². The van der Waals surface area contributed by atoms with Crippen molar-refractivity contribution in [3.63, 3.8) is 0 Å². The van der Waals surface area contributed by atoms with Gasteiger partial charge in [-0.3, -0.25) is 9.88 Å². The van der Waals surface area contributed by atoms with Crippen molar-refractivity contribution in [3.8, 4) is 0 Å². The molecule has 0 aromatic carbocycles. The highest BCUT2D eigenvalue weighted by Gasteiger charge is 2.14. The molecule has 0 amide bonds. The number of nitrogens with zero attached hydrogens (tertiary/aromatic N) is 2. The zero-order chi connectivity index (χ0) is 12.0.